The second kappa shape index (κ2) is 7.38. The predicted molar refractivity (Wildman–Crippen MR) is 98.3 cm³/mol. The third kappa shape index (κ3) is 7.71. The van der Waals surface area contributed by atoms with Crippen LogP contribution in [0.25, 0.3) is 0 Å². The summed E-state index contributed by atoms with van der Waals surface area (Å²) in [6.45, 7) is 22.1. The molecule has 0 aliphatic rings. The molecule has 0 heterocycles. The van der Waals surface area contributed by atoms with Crippen LogP contribution in [0.2, 0.25) is 18.2 Å². The van der Waals surface area contributed by atoms with Crippen LogP contribution >= 0.6 is 0 Å². The molecular weight excluding hydrogens is 347 g/mol. The predicted octanol–water partition coefficient (Wildman–Crippen LogP) is 7.37. The minimum absolute atomic E-state index is 0.554. The van der Waals surface area contributed by atoms with Gasteiger partial charge in [0.2, 0.25) is 0 Å². The molecule has 0 amide bonds. The van der Waals surface area contributed by atoms with Crippen LogP contribution in [0.4, 0.5) is 0 Å². The Morgan fingerprint density at radius 2 is 0.750 bits per heavy atom. The van der Waals surface area contributed by atoms with E-state index in [-0.39, 0.29) is 0 Å². The summed E-state index contributed by atoms with van der Waals surface area (Å²) in [7, 11) is 0. The third-order valence-electron chi connectivity index (χ3n) is 5.59. The molecule has 0 saturated carbocycles. The molecule has 0 unspecified atom stereocenters. The summed E-state index contributed by atoms with van der Waals surface area (Å²) in [5, 5.41) is 0. The summed E-state index contributed by atoms with van der Waals surface area (Å²) in [5.41, 5.74) is 1.66. The molecule has 0 spiro atoms. The van der Waals surface area contributed by atoms with Crippen molar-refractivity contribution >= 4 is 18.4 Å². The Morgan fingerprint density at radius 3 is 0.900 bits per heavy atom. The summed E-state index contributed by atoms with van der Waals surface area (Å²) in [6, 6.07) is 0. The van der Waals surface area contributed by atoms with E-state index in [9.17, 15) is 0 Å². The van der Waals surface area contributed by atoms with Gasteiger partial charge in [-0.3, -0.25) is 0 Å². The summed E-state index contributed by atoms with van der Waals surface area (Å²) < 4.78 is 4.68. The van der Waals surface area contributed by atoms with E-state index in [0.29, 0.717) is 16.2 Å². The van der Waals surface area contributed by atoms with Crippen LogP contribution in [-0.2, 0) is 0 Å². The maximum absolute atomic E-state index is 2.76. The fraction of sp³-hybridized carbons (Fsp3) is 1.00. The van der Waals surface area contributed by atoms with Crippen molar-refractivity contribution in [3.8, 4) is 0 Å². The van der Waals surface area contributed by atoms with Gasteiger partial charge < -0.3 is 0 Å². The quantitative estimate of drug-likeness (QED) is 0.361. The van der Waals surface area contributed by atoms with E-state index in [4.69, 9.17) is 0 Å². The van der Waals surface area contributed by atoms with Gasteiger partial charge in [0.15, 0.2) is 0 Å². The van der Waals surface area contributed by atoms with E-state index in [2.05, 4.69) is 67.3 Å². The minimum atomic E-state index is -2.08. The molecular formula is C19H42Sn. The van der Waals surface area contributed by atoms with Crippen LogP contribution in [0.3, 0.4) is 0 Å². The topological polar surface area (TPSA) is 0 Å². The molecule has 0 atom stereocenters. The van der Waals surface area contributed by atoms with E-state index < -0.39 is 18.4 Å². The van der Waals surface area contributed by atoms with Gasteiger partial charge in [-0.15, -0.1) is 0 Å². The van der Waals surface area contributed by atoms with Gasteiger partial charge in [-0.25, -0.2) is 0 Å². The first-order chi connectivity index (χ1) is 8.80. The molecule has 0 aliphatic carbocycles. The molecule has 0 rings (SSSR count). The first kappa shape index (κ1) is 20.8. The molecule has 1 heteroatoms. The van der Waals surface area contributed by atoms with Gasteiger partial charge in [-0.05, 0) is 0 Å². The van der Waals surface area contributed by atoms with Crippen LogP contribution in [0.15, 0.2) is 0 Å². The summed E-state index contributed by atoms with van der Waals surface area (Å²) >= 11 is -2.08. The van der Waals surface area contributed by atoms with Gasteiger partial charge in [-0.2, -0.15) is 0 Å². The van der Waals surface area contributed by atoms with Crippen LogP contribution < -0.4 is 0 Å². The van der Waals surface area contributed by atoms with Crippen LogP contribution in [0.1, 0.15) is 81.6 Å². The average molecular weight is 389 g/mol. The second-order valence-electron chi connectivity index (χ2n) is 9.89. The van der Waals surface area contributed by atoms with Gasteiger partial charge >= 0.3 is 134 Å². The number of hydrogen-bond donors (Lipinski definition) is 0. The van der Waals surface area contributed by atoms with Crippen molar-refractivity contribution in [2.75, 3.05) is 0 Å². The number of hydrogen-bond acceptors (Lipinski definition) is 0. The van der Waals surface area contributed by atoms with Gasteiger partial charge in [0.05, 0.1) is 0 Å². The SMILES string of the molecule is CCC(C)(C)[CH2][Sn]([CH3])([CH2]C(C)(C)CC)[CH2]C(C)(C)CC. The number of rotatable bonds is 9. The van der Waals surface area contributed by atoms with Crippen molar-refractivity contribution in [3.63, 3.8) is 0 Å². The van der Waals surface area contributed by atoms with E-state index >= 15 is 0 Å². The molecule has 0 aromatic carbocycles. The van der Waals surface area contributed by atoms with E-state index in [1.54, 1.807) is 13.3 Å². The van der Waals surface area contributed by atoms with Gasteiger partial charge in [0.25, 0.3) is 0 Å². The second-order valence-corrected chi connectivity index (χ2v) is 23.3. The summed E-state index contributed by atoms with van der Waals surface area (Å²) in [4.78, 5) is 2.76. The molecule has 0 bridgehead atoms. The fourth-order valence-corrected chi connectivity index (χ4v) is 27.0. The van der Waals surface area contributed by atoms with Gasteiger partial charge in [0, 0.05) is 0 Å². The van der Waals surface area contributed by atoms with Crippen LogP contribution in [0, 0.1) is 16.2 Å². The van der Waals surface area contributed by atoms with Gasteiger partial charge in [-0.1, -0.05) is 0 Å². The van der Waals surface area contributed by atoms with E-state index in [0.717, 1.165) is 0 Å². The molecule has 0 radical (unpaired) electrons. The van der Waals surface area contributed by atoms with Crippen molar-refractivity contribution in [2.24, 2.45) is 16.2 Å². The fourth-order valence-electron chi connectivity index (χ4n) is 4.03. The zero-order valence-corrected chi connectivity index (χ0v) is 19.1. The Hall–Kier alpha value is 0.799. The van der Waals surface area contributed by atoms with Crippen molar-refractivity contribution < 1.29 is 0 Å². The molecule has 0 aromatic rings. The molecule has 0 N–H and O–H groups in total. The monoisotopic (exact) mass is 390 g/mol. The Bertz CT molecular complexity index is 241. The van der Waals surface area contributed by atoms with Crippen LogP contribution in [-0.4, -0.2) is 18.4 Å². The summed E-state index contributed by atoms with van der Waals surface area (Å²) in [5.74, 6) is 0. The molecule has 0 nitrogen and oxygen atoms in total. The van der Waals surface area contributed by atoms with E-state index in [1.807, 2.05) is 0 Å². The average Bonchev–Trinajstić information content (AvgIpc) is 2.26. The van der Waals surface area contributed by atoms with Gasteiger partial charge in [0.1, 0.15) is 0 Å². The Kier molecular flexibility index (Phi) is 7.67. The van der Waals surface area contributed by atoms with Crippen molar-refractivity contribution in [2.45, 2.75) is 99.8 Å². The Labute approximate surface area is 134 Å². The normalized spacial score (nSPS) is 14.7. The Morgan fingerprint density at radius 1 is 0.550 bits per heavy atom. The zero-order chi connectivity index (χ0) is 16.2. The Balaban J connectivity index is 5.23. The van der Waals surface area contributed by atoms with E-state index in [1.165, 1.54) is 19.3 Å². The van der Waals surface area contributed by atoms with Crippen molar-refractivity contribution in [1.29, 1.82) is 0 Å². The molecule has 20 heavy (non-hydrogen) atoms. The maximum atomic E-state index is 2.76. The van der Waals surface area contributed by atoms with Crippen LogP contribution in [0.5, 0.6) is 0 Å². The van der Waals surface area contributed by atoms with Crippen molar-refractivity contribution in [3.05, 3.63) is 0 Å². The molecule has 122 valence electrons. The molecule has 0 aromatic heterocycles. The molecule has 0 saturated heterocycles. The summed E-state index contributed by atoms with van der Waals surface area (Å²) in [6.07, 6.45) is 4.00. The van der Waals surface area contributed by atoms with Crippen molar-refractivity contribution in [1.82, 2.24) is 0 Å². The first-order valence-electron chi connectivity index (χ1n) is 8.80. The first-order valence-corrected chi connectivity index (χ1v) is 17.7. The molecule has 0 aliphatic heterocycles. The standard InChI is InChI=1S/3C6H13.CH3.Sn/c3*1-5-6(2,3)4;;/h3*2,5H2,1,3-4H3;1H3;. The zero-order valence-electron chi connectivity index (χ0n) is 16.2. The third-order valence-corrected chi connectivity index (χ3v) is 21.1. The molecule has 0 fully saturated rings.